The van der Waals surface area contributed by atoms with Crippen molar-refractivity contribution < 1.29 is 18.7 Å². The molecular weight excluding hydrogens is 330 g/mol. The molecule has 1 aliphatic rings. The molecule has 1 amide bonds. The Morgan fingerprint density at radius 3 is 2.81 bits per heavy atom. The first-order valence-corrected chi connectivity index (χ1v) is 8.72. The van der Waals surface area contributed by atoms with Crippen LogP contribution in [0.15, 0.2) is 59.0 Å². The van der Waals surface area contributed by atoms with Crippen LogP contribution in [0.3, 0.4) is 0 Å². The van der Waals surface area contributed by atoms with E-state index in [2.05, 4.69) is 11.4 Å². The largest absolute Gasteiger partial charge is 0.456 e. The molecule has 0 bridgehead atoms. The highest BCUT2D eigenvalue weighted by atomic mass is 16.5. The lowest BCUT2D eigenvalue weighted by Crippen LogP contribution is -2.21. The van der Waals surface area contributed by atoms with Crippen LogP contribution < -0.4 is 5.32 Å². The first kappa shape index (κ1) is 16.4. The third kappa shape index (κ3) is 3.47. The van der Waals surface area contributed by atoms with E-state index in [1.165, 1.54) is 0 Å². The number of hydrogen-bond acceptors (Lipinski definition) is 4. The Morgan fingerprint density at radius 1 is 1.12 bits per heavy atom. The first-order chi connectivity index (χ1) is 12.7. The number of hydrogen-bond donors (Lipinski definition) is 1. The lowest BCUT2D eigenvalue weighted by Gasteiger charge is -2.09. The summed E-state index contributed by atoms with van der Waals surface area (Å²) in [5.74, 6) is -0.456. The van der Waals surface area contributed by atoms with Gasteiger partial charge in [-0.2, -0.15) is 0 Å². The summed E-state index contributed by atoms with van der Waals surface area (Å²) in [5.41, 5.74) is 2.21. The van der Waals surface area contributed by atoms with Gasteiger partial charge in [-0.3, -0.25) is 9.59 Å². The fourth-order valence-corrected chi connectivity index (χ4v) is 3.29. The number of nitrogens with one attached hydrogen (secondary N) is 1. The number of para-hydroxylation sites is 1. The molecule has 2 aromatic carbocycles. The van der Waals surface area contributed by atoms with E-state index in [9.17, 15) is 9.59 Å². The molecule has 0 saturated heterocycles. The van der Waals surface area contributed by atoms with Gasteiger partial charge >= 0.3 is 5.97 Å². The number of fused-ring (bicyclic) bond motifs is 3. The Hall–Kier alpha value is -3.08. The summed E-state index contributed by atoms with van der Waals surface area (Å²) in [4.78, 5) is 23.9. The smallest absolute Gasteiger partial charge is 0.306 e. The normalized spacial score (nSPS) is 16.2. The molecule has 1 heterocycles. The van der Waals surface area contributed by atoms with Crippen molar-refractivity contribution in [3.63, 3.8) is 0 Å². The summed E-state index contributed by atoms with van der Waals surface area (Å²) in [5, 5.41) is 4.69. The number of esters is 1. The zero-order valence-corrected chi connectivity index (χ0v) is 14.2. The van der Waals surface area contributed by atoms with Gasteiger partial charge in [-0.25, -0.2) is 0 Å². The van der Waals surface area contributed by atoms with Gasteiger partial charge in [0.25, 0.3) is 5.91 Å². The molecule has 1 N–H and O–H groups in total. The Morgan fingerprint density at radius 2 is 1.96 bits per heavy atom. The van der Waals surface area contributed by atoms with Gasteiger partial charge in [-0.1, -0.05) is 30.4 Å². The van der Waals surface area contributed by atoms with E-state index < -0.39 is 0 Å². The Bertz CT molecular complexity index is 1000. The Labute approximate surface area is 150 Å². The number of amides is 1. The maximum atomic E-state index is 12.1. The molecule has 0 fully saturated rings. The van der Waals surface area contributed by atoms with Crippen molar-refractivity contribution in [2.75, 3.05) is 11.9 Å². The molecule has 0 aliphatic heterocycles. The van der Waals surface area contributed by atoms with E-state index in [0.29, 0.717) is 12.1 Å². The summed E-state index contributed by atoms with van der Waals surface area (Å²) >= 11 is 0. The van der Waals surface area contributed by atoms with Crippen LogP contribution in [0.5, 0.6) is 0 Å². The molecule has 26 heavy (non-hydrogen) atoms. The minimum Gasteiger partial charge on any atom is -0.456 e. The predicted octanol–water partition coefficient (Wildman–Crippen LogP) is 4.42. The number of anilines is 1. The first-order valence-electron chi connectivity index (χ1n) is 8.72. The number of rotatable bonds is 5. The van der Waals surface area contributed by atoms with E-state index in [4.69, 9.17) is 9.15 Å². The van der Waals surface area contributed by atoms with Crippen molar-refractivity contribution in [1.82, 2.24) is 0 Å². The van der Waals surface area contributed by atoms with Crippen molar-refractivity contribution in [2.45, 2.75) is 19.3 Å². The summed E-state index contributed by atoms with van der Waals surface area (Å²) < 4.78 is 10.8. The number of carbonyl (C=O) groups is 2. The molecule has 1 aromatic heterocycles. The third-order valence-electron chi connectivity index (χ3n) is 4.57. The number of ether oxygens (including phenoxy) is 1. The number of furan rings is 1. The summed E-state index contributed by atoms with van der Waals surface area (Å²) in [6.45, 7) is -0.278. The van der Waals surface area contributed by atoms with Gasteiger partial charge in [0.05, 0.1) is 6.42 Å². The lowest BCUT2D eigenvalue weighted by atomic mass is 10.1. The zero-order valence-electron chi connectivity index (χ0n) is 14.2. The van der Waals surface area contributed by atoms with E-state index in [1.807, 2.05) is 42.5 Å². The van der Waals surface area contributed by atoms with Crippen LogP contribution in [0.25, 0.3) is 21.9 Å². The maximum Gasteiger partial charge on any atom is 0.306 e. The molecule has 4 rings (SSSR count). The summed E-state index contributed by atoms with van der Waals surface area (Å²) in [7, 11) is 0. The number of allylic oxidation sites excluding steroid dienone is 2. The van der Waals surface area contributed by atoms with Crippen molar-refractivity contribution in [2.24, 2.45) is 5.92 Å². The number of carbonyl (C=O) groups excluding carboxylic acids is 2. The molecular formula is C21H19NO4. The molecule has 0 spiro atoms. The quantitative estimate of drug-likeness (QED) is 0.547. The SMILES string of the molecule is O=C(COC(=O)C[C@@H]1C=CCC1)Nc1ccc2oc3ccccc3c2c1. The third-order valence-corrected chi connectivity index (χ3v) is 4.57. The van der Waals surface area contributed by atoms with Gasteiger partial charge in [0.2, 0.25) is 0 Å². The van der Waals surface area contributed by atoms with E-state index >= 15 is 0 Å². The highest BCUT2D eigenvalue weighted by Crippen LogP contribution is 2.30. The van der Waals surface area contributed by atoms with Gasteiger partial charge in [-0.05, 0) is 43.0 Å². The maximum absolute atomic E-state index is 12.1. The van der Waals surface area contributed by atoms with Crippen LogP contribution in [0.1, 0.15) is 19.3 Å². The van der Waals surface area contributed by atoms with Crippen LogP contribution in [-0.2, 0) is 14.3 Å². The molecule has 5 heteroatoms. The lowest BCUT2D eigenvalue weighted by molar-refractivity contribution is -0.147. The molecule has 0 unspecified atom stereocenters. The molecule has 5 nitrogen and oxygen atoms in total. The average Bonchev–Trinajstić information content (AvgIpc) is 3.27. The highest BCUT2D eigenvalue weighted by Gasteiger charge is 2.16. The number of benzene rings is 2. The van der Waals surface area contributed by atoms with Gasteiger partial charge in [0.15, 0.2) is 6.61 Å². The topological polar surface area (TPSA) is 68.5 Å². The van der Waals surface area contributed by atoms with Crippen molar-refractivity contribution in [3.05, 3.63) is 54.6 Å². The standard InChI is InChI=1S/C21H19NO4/c23-20(13-25-21(24)11-14-5-1-2-6-14)22-15-9-10-19-17(12-15)16-7-3-4-8-18(16)26-19/h1,3-5,7-10,12,14H,2,6,11,13H2,(H,22,23)/t14-/m1/s1. The van der Waals surface area contributed by atoms with Crippen LogP contribution in [0, 0.1) is 5.92 Å². The second-order valence-electron chi connectivity index (χ2n) is 6.49. The van der Waals surface area contributed by atoms with E-state index in [-0.39, 0.29) is 24.4 Å². The van der Waals surface area contributed by atoms with Crippen LogP contribution in [0.2, 0.25) is 0 Å². The molecule has 1 atom stereocenters. The van der Waals surface area contributed by atoms with Crippen molar-refractivity contribution >= 4 is 39.5 Å². The van der Waals surface area contributed by atoms with Gasteiger partial charge < -0.3 is 14.5 Å². The fourth-order valence-electron chi connectivity index (χ4n) is 3.29. The molecule has 0 radical (unpaired) electrons. The summed E-state index contributed by atoms with van der Waals surface area (Å²) in [6, 6.07) is 13.2. The molecule has 1 aliphatic carbocycles. The zero-order chi connectivity index (χ0) is 17.9. The van der Waals surface area contributed by atoms with Crippen molar-refractivity contribution in [1.29, 1.82) is 0 Å². The molecule has 0 saturated carbocycles. The average molecular weight is 349 g/mol. The Kier molecular flexibility index (Phi) is 4.44. The second-order valence-corrected chi connectivity index (χ2v) is 6.49. The van der Waals surface area contributed by atoms with Gasteiger partial charge in [-0.15, -0.1) is 0 Å². The fraction of sp³-hybridized carbons (Fsp3) is 0.238. The van der Waals surface area contributed by atoms with Crippen molar-refractivity contribution in [3.8, 4) is 0 Å². The van der Waals surface area contributed by atoms with Crippen LogP contribution >= 0.6 is 0 Å². The monoisotopic (exact) mass is 349 g/mol. The van der Waals surface area contributed by atoms with Crippen LogP contribution in [0.4, 0.5) is 5.69 Å². The molecule has 132 valence electrons. The van der Waals surface area contributed by atoms with Crippen LogP contribution in [-0.4, -0.2) is 18.5 Å². The van der Waals surface area contributed by atoms with Gasteiger partial charge in [0, 0.05) is 16.5 Å². The minimum absolute atomic E-state index is 0.238. The molecule has 3 aromatic rings. The predicted molar refractivity (Wildman–Crippen MR) is 99.8 cm³/mol. The van der Waals surface area contributed by atoms with E-state index in [1.54, 1.807) is 6.07 Å². The Balaban J connectivity index is 1.38. The van der Waals surface area contributed by atoms with E-state index in [0.717, 1.165) is 34.8 Å². The summed E-state index contributed by atoms with van der Waals surface area (Å²) in [6.07, 6.45) is 6.41. The van der Waals surface area contributed by atoms with Gasteiger partial charge in [0.1, 0.15) is 11.2 Å². The highest BCUT2D eigenvalue weighted by molar-refractivity contribution is 6.07. The second kappa shape index (κ2) is 7.04. The minimum atomic E-state index is -0.354.